The summed E-state index contributed by atoms with van der Waals surface area (Å²) in [5.41, 5.74) is -3.40. The number of halogens is 7. The lowest BCUT2D eigenvalue weighted by Crippen LogP contribution is -2.69. The van der Waals surface area contributed by atoms with E-state index in [1.807, 2.05) is 0 Å². The fraction of sp³-hybridized carbons (Fsp3) is 0.438. The number of nitrogens with zero attached hydrogens (tertiary/aromatic N) is 3. The lowest BCUT2D eigenvalue weighted by Gasteiger charge is -2.51. The van der Waals surface area contributed by atoms with Crippen LogP contribution in [0.15, 0.2) is 48.0 Å². The Labute approximate surface area is 274 Å². The summed E-state index contributed by atoms with van der Waals surface area (Å²) in [7, 11) is 0. The Hall–Kier alpha value is -4.21. The second kappa shape index (κ2) is 13.4. The molecular formula is C32H30F7N3O5S. The van der Waals surface area contributed by atoms with Gasteiger partial charge in [0.05, 0.1) is 18.0 Å². The molecule has 0 radical (unpaired) electrons. The first kappa shape index (κ1) is 35.1. The van der Waals surface area contributed by atoms with Crippen molar-refractivity contribution in [2.45, 2.75) is 82.0 Å². The van der Waals surface area contributed by atoms with Gasteiger partial charge in [0, 0.05) is 43.2 Å². The molecular weight excluding hydrogens is 671 g/mol. The van der Waals surface area contributed by atoms with Crippen LogP contribution < -0.4 is 4.74 Å². The van der Waals surface area contributed by atoms with Crippen LogP contribution in [0.5, 0.6) is 5.75 Å². The first-order valence-corrected chi connectivity index (χ1v) is 15.9. The summed E-state index contributed by atoms with van der Waals surface area (Å²) in [6.07, 6.45) is -9.20. The number of hydrogen-bond donors (Lipinski definition) is 1. The summed E-state index contributed by atoms with van der Waals surface area (Å²) < 4.78 is 103. The zero-order valence-electron chi connectivity index (χ0n) is 25.4. The highest BCUT2D eigenvalue weighted by Crippen LogP contribution is 2.43. The number of rotatable bonds is 8. The number of aliphatic carboxylic acids is 1. The monoisotopic (exact) mass is 701 g/mol. The van der Waals surface area contributed by atoms with E-state index in [-0.39, 0.29) is 50.9 Å². The van der Waals surface area contributed by atoms with Crippen molar-refractivity contribution in [1.82, 2.24) is 14.8 Å². The number of amides is 2. The summed E-state index contributed by atoms with van der Waals surface area (Å²) in [6.45, 7) is 1.37. The topological polar surface area (TPSA) is 100 Å². The summed E-state index contributed by atoms with van der Waals surface area (Å²) in [5, 5.41) is 10.8. The Bertz CT molecular complexity index is 1690. The maximum Gasteiger partial charge on any atom is 0.425 e. The van der Waals surface area contributed by atoms with Gasteiger partial charge in [-0.25, -0.2) is 4.39 Å². The van der Waals surface area contributed by atoms with E-state index in [4.69, 9.17) is 4.74 Å². The molecule has 1 N–H and O–H groups in total. The second-order valence-electron chi connectivity index (χ2n) is 11.7. The van der Waals surface area contributed by atoms with Crippen LogP contribution in [0.25, 0.3) is 0 Å². The standard InChI is InChI=1S/C32H30F7N3O5S/c1-2-5-24-30(47-22-15-25(48-17-22)32(37,38)39,9-4-11-41(24)28(45)27-23(31(34,35)36)6-3-10-40-27)29(46)42-16-18-7-8-20(33)12-19(18)13-21(42)14-26(43)44/h3,6-8,10,12,15,17,21,24H,2,4-5,9,11,13-14,16H2,1H3,(H,43,44)/t21-,24-,30+/m1/s1. The van der Waals surface area contributed by atoms with Gasteiger partial charge < -0.3 is 19.6 Å². The maximum atomic E-state index is 14.9. The van der Waals surface area contributed by atoms with Crippen molar-refractivity contribution in [3.05, 3.63) is 81.1 Å². The van der Waals surface area contributed by atoms with Crippen molar-refractivity contribution >= 4 is 29.1 Å². The molecule has 3 aromatic rings. The van der Waals surface area contributed by atoms with Gasteiger partial charge in [0.25, 0.3) is 11.8 Å². The van der Waals surface area contributed by atoms with Gasteiger partial charge in [-0.1, -0.05) is 19.4 Å². The highest BCUT2D eigenvalue weighted by atomic mass is 32.1. The van der Waals surface area contributed by atoms with E-state index in [1.165, 1.54) is 23.1 Å². The second-order valence-corrected chi connectivity index (χ2v) is 12.7. The molecule has 2 aliphatic rings. The third-order valence-corrected chi connectivity index (χ3v) is 9.55. The average molecular weight is 702 g/mol. The molecule has 258 valence electrons. The number of carbonyl (C=O) groups excluding carboxylic acids is 2. The van der Waals surface area contributed by atoms with E-state index < -0.39 is 76.2 Å². The van der Waals surface area contributed by atoms with Crippen LogP contribution in [0.3, 0.4) is 0 Å². The molecule has 3 atom stereocenters. The van der Waals surface area contributed by atoms with Gasteiger partial charge >= 0.3 is 18.3 Å². The number of piperidine rings is 1. The largest absolute Gasteiger partial charge is 0.481 e. The molecule has 0 bridgehead atoms. The predicted molar refractivity (Wildman–Crippen MR) is 158 cm³/mol. The highest BCUT2D eigenvalue weighted by Gasteiger charge is 2.57. The third kappa shape index (κ3) is 6.98. The third-order valence-electron chi connectivity index (χ3n) is 8.59. The number of carbonyl (C=O) groups is 3. The molecule has 8 nitrogen and oxygen atoms in total. The first-order chi connectivity index (χ1) is 22.5. The molecule has 0 spiro atoms. The number of hydrogen-bond acceptors (Lipinski definition) is 6. The van der Waals surface area contributed by atoms with Gasteiger partial charge in [-0.15, -0.1) is 11.3 Å². The minimum atomic E-state index is -4.95. The van der Waals surface area contributed by atoms with E-state index in [0.29, 0.717) is 34.6 Å². The molecule has 1 fully saturated rings. The fourth-order valence-electron chi connectivity index (χ4n) is 6.56. The Morgan fingerprint density at radius 3 is 2.46 bits per heavy atom. The number of carboxylic acid groups (broad SMARTS) is 1. The molecule has 4 heterocycles. The van der Waals surface area contributed by atoms with Crippen molar-refractivity contribution < 1.29 is 55.0 Å². The van der Waals surface area contributed by atoms with Gasteiger partial charge in [0.15, 0.2) is 0 Å². The molecule has 0 aliphatic carbocycles. The summed E-state index contributed by atoms with van der Waals surface area (Å²) in [6, 6.07) is 3.91. The molecule has 2 aromatic heterocycles. The molecule has 48 heavy (non-hydrogen) atoms. The van der Waals surface area contributed by atoms with E-state index in [0.717, 1.165) is 22.5 Å². The molecule has 2 amide bonds. The number of fused-ring (bicyclic) bond motifs is 1. The van der Waals surface area contributed by atoms with Crippen LogP contribution in [0.4, 0.5) is 30.7 Å². The lowest BCUT2D eigenvalue weighted by atomic mass is 9.78. The number of likely N-dealkylation sites (tertiary alicyclic amines) is 1. The SMILES string of the molecule is CCC[C@H]1N(C(=O)c2ncccc2C(F)(F)F)CCC[C@@]1(Oc1csc(C(F)(F)F)c1)C(=O)N1Cc2ccc(F)cc2C[C@@H]1CC(=O)O. The Balaban J connectivity index is 1.65. The molecule has 0 unspecified atom stereocenters. The van der Waals surface area contributed by atoms with Crippen LogP contribution in [-0.2, 0) is 34.9 Å². The van der Waals surface area contributed by atoms with Crippen LogP contribution in [-0.4, -0.2) is 61.9 Å². The highest BCUT2D eigenvalue weighted by molar-refractivity contribution is 7.10. The van der Waals surface area contributed by atoms with Gasteiger partial charge in [0.2, 0.25) is 5.60 Å². The number of ether oxygens (including phenoxy) is 1. The van der Waals surface area contributed by atoms with Crippen LogP contribution >= 0.6 is 11.3 Å². The molecule has 5 rings (SSSR count). The van der Waals surface area contributed by atoms with E-state index >= 15 is 0 Å². The Morgan fingerprint density at radius 2 is 1.81 bits per heavy atom. The fourth-order valence-corrected chi connectivity index (χ4v) is 7.23. The molecule has 2 aliphatic heterocycles. The van der Waals surface area contributed by atoms with Crippen LogP contribution in [0.2, 0.25) is 0 Å². The maximum absolute atomic E-state index is 14.9. The summed E-state index contributed by atoms with van der Waals surface area (Å²) in [4.78, 5) is 45.8. The van der Waals surface area contributed by atoms with Crippen molar-refractivity contribution in [2.24, 2.45) is 0 Å². The number of alkyl halides is 6. The predicted octanol–water partition coefficient (Wildman–Crippen LogP) is 6.97. The first-order valence-electron chi connectivity index (χ1n) is 15.0. The van der Waals surface area contributed by atoms with Gasteiger partial charge in [-0.2, -0.15) is 26.3 Å². The summed E-state index contributed by atoms with van der Waals surface area (Å²) in [5.74, 6) is -4.20. The molecule has 16 heteroatoms. The lowest BCUT2D eigenvalue weighted by molar-refractivity contribution is -0.164. The van der Waals surface area contributed by atoms with Crippen LogP contribution in [0.1, 0.15) is 71.1 Å². The van der Waals surface area contributed by atoms with Crippen molar-refractivity contribution in [3.63, 3.8) is 0 Å². The van der Waals surface area contributed by atoms with Gasteiger partial charge in [-0.05, 0) is 54.7 Å². The van der Waals surface area contributed by atoms with Crippen molar-refractivity contribution in [2.75, 3.05) is 6.54 Å². The zero-order chi connectivity index (χ0) is 35.0. The van der Waals surface area contributed by atoms with E-state index in [9.17, 15) is 50.2 Å². The quantitative estimate of drug-likeness (QED) is 0.255. The number of pyridine rings is 1. The number of thiophene rings is 1. The van der Waals surface area contributed by atoms with E-state index in [1.54, 1.807) is 6.92 Å². The minimum absolute atomic E-state index is 0.00137. The summed E-state index contributed by atoms with van der Waals surface area (Å²) >= 11 is 0.312. The Morgan fingerprint density at radius 1 is 1.06 bits per heavy atom. The number of aromatic nitrogens is 1. The van der Waals surface area contributed by atoms with Crippen LogP contribution in [0, 0.1) is 5.82 Å². The normalized spacial score (nSPS) is 21.5. The van der Waals surface area contributed by atoms with Crippen molar-refractivity contribution in [3.8, 4) is 5.75 Å². The number of benzene rings is 1. The van der Waals surface area contributed by atoms with Crippen molar-refractivity contribution in [1.29, 1.82) is 0 Å². The molecule has 1 aromatic carbocycles. The Kier molecular flexibility index (Phi) is 9.77. The molecule has 0 saturated carbocycles. The average Bonchev–Trinajstić information content (AvgIpc) is 3.49. The smallest absolute Gasteiger partial charge is 0.425 e. The van der Waals surface area contributed by atoms with E-state index in [2.05, 4.69) is 4.98 Å². The van der Waals surface area contributed by atoms with Gasteiger partial charge in [0.1, 0.15) is 22.1 Å². The van der Waals surface area contributed by atoms with Gasteiger partial charge in [-0.3, -0.25) is 19.4 Å². The minimum Gasteiger partial charge on any atom is -0.481 e. The zero-order valence-corrected chi connectivity index (χ0v) is 26.2. The molecule has 1 saturated heterocycles. The number of carboxylic acids is 1.